The van der Waals surface area contributed by atoms with E-state index in [0.29, 0.717) is 6.54 Å². The highest BCUT2D eigenvalue weighted by molar-refractivity contribution is 5.86. The first kappa shape index (κ1) is 12.7. The zero-order valence-corrected chi connectivity index (χ0v) is 11.7. The van der Waals surface area contributed by atoms with Gasteiger partial charge in [-0.1, -0.05) is 23.3 Å². The van der Waals surface area contributed by atoms with Gasteiger partial charge in [-0.25, -0.2) is 4.63 Å². The Kier molecular flexibility index (Phi) is 3.41. The second-order valence-electron chi connectivity index (χ2n) is 4.78. The van der Waals surface area contributed by atoms with E-state index in [1.807, 2.05) is 25.3 Å². The lowest BCUT2D eigenvalue weighted by Gasteiger charge is -2.07. The molecule has 0 aliphatic carbocycles. The third-order valence-corrected chi connectivity index (χ3v) is 3.30. The average molecular weight is 271 g/mol. The van der Waals surface area contributed by atoms with E-state index >= 15 is 0 Å². The molecule has 0 saturated carbocycles. The van der Waals surface area contributed by atoms with E-state index in [4.69, 9.17) is 9.37 Å². The standard InChI is InChI=1S/C15H17N3O2/c1-3-9-19-15-6-4-5-14-12(15)7-8-18(14)10-13-11(2)16-20-17-13/h4-8H,3,9-10H2,1-2H3. The summed E-state index contributed by atoms with van der Waals surface area (Å²) < 4.78 is 12.7. The molecule has 0 unspecified atom stereocenters. The van der Waals surface area contributed by atoms with E-state index in [2.05, 4.69) is 33.9 Å². The van der Waals surface area contributed by atoms with Gasteiger partial charge in [0.05, 0.1) is 18.7 Å². The predicted octanol–water partition coefficient (Wildman–Crippen LogP) is 3.17. The Hall–Kier alpha value is -2.30. The molecular formula is C15H17N3O2. The Bertz CT molecular complexity index is 715. The van der Waals surface area contributed by atoms with Crippen LogP contribution in [0.15, 0.2) is 35.1 Å². The molecule has 0 N–H and O–H groups in total. The fourth-order valence-electron chi connectivity index (χ4n) is 2.23. The molecule has 20 heavy (non-hydrogen) atoms. The number of benzene rings is 1. The normalized spacial score (nSPS) is 11.1. The molecule has 104 valence electrons. The molecule has 0 fully saturated rings. The van der Waals surface area contributed by atoms with Gasteiger partial charge in [0, 0.05) is 11.6 Å². The van der Waals surface area contributed by atoms with Crippen LogP contribution in [0.25, 0.3) is 10.9 Å². The minimum absolute atomic E-state index is 0.649. The first-order valence-corrected chi connectivity index (χ1v) is 6.78. The molecule has 0 saturated heterocycles. The zero-order chi connectivity index (χ0) is 13.9. The summed E-state index contributed by atoms with van der Waals surface area (Å²) in [6.07, 6.45) is 3.04. The van der Waals surface area contributed by atoms with Gasteiger partial charge in [0.1, 0.15) is 17.1 Å². The third kappa shape index (κ3) is 2.27. The van der Waals surface area contributed by atoms with Crippen molar-refractivity contribution < 1.29 is 9.37 Å². The summed E-state index contributed by atoms with van der Waals surface area (Å²) >= 11 is 0. The van der Waals surface area contributed by atoms with Crippen LogP contribution in [0.2, 0.25) is 0 Å². The first-order chi connectivity index (χ1) is 9.79. The van der Waals surface area contributed by atoms with Gasteiger partial charge < -0.3 is 9.30 Å². The smallest absolute Gasteiger partial charge is 0.128 e. The Morgan fingerprint density at radius 2 is 2.15 bits per heavy atom. The first-order valence-electron chi connectivity index (χ1n) is 6.78. The van der Waals surface area contributed by atoms with Crippen LogP contribution in [-0.4, -0.2) is 21.5 Å². The van der Waals surface area contributed by atoms with Crippen LogP contribution in [0, 0.1) is 6.92 Å². The molecule has 2 heterocycles. The van der Waals surface area contributed by atoms with Gasteiger partial charge in [-0.05, 0) is 31.5 Å². The van der Waals surface area contributed by atoms with Crippen LogP contribution >= 0.6 is 0 Å². The molecular weight excluding hydrogens is 254 g/mol. The summed E-state index contributed by atoms with van der Waals surface area (Å²) in [4.78, 5) is 0. The van der Waals surface area contributed by atoms with Gasteiger partial charge in [0.25, 0.3) is 0 Å². The summed E-state index contributed by atoms with van der Waals surface area (Å²) in [5, 5.41) is 8.86. The largest absolute Gasteiger partial charge is 0.493 e. The molecule has 2 aromatic heterocycles. The van der Waals surface area contributed by atoms with Crippen LogP contribution in [0.3, 0.4) is 0 Å². The number of ether oxygens (including phenoxy) is 1. The second kappa shape index (κ2) is 5.36. The molecule has 0 aliphatic heterocycles. The van der Waals surface area contributed by atoms with E-state index < -0.39 is 0 Å². The van der Waals surface area contributed by atoms with E-state index in [-0.39, 0.29) is 0 Å². The lowest BCUT2D eigenvalue weighted by molar-refractivity contribution is 0.300. The fourth-order valence-corrected chi connectivity index (χ4v) is 2.23. The van der Waals surface area contributed by atoms with Crippen molar-refractivity contribution in [3.8, 4) is 5.75 Å². The monoisotopic (exact) mass is 271 g/mol. The van der Waals surface area contributed by atoms with Crippen molar-refractivity contribution in [1.82, 2.24) is 14.9 Å². The van der Waals surface area contributed by atoms with E-state index in [1.54, 1.807) is 0 Å². The van der Waals surface area contributed by atoms with Crippen molar-refractivity contribution in [2.24, 2.45) is 0 Å². The van der Waals surface area contributed by atoms with Crippen LogP contribution in [-0.2, 0) is 6.54 Å². The number of fused-ring (bicyclic) bond motifs is 1. The van der Waals surface area contributed by atoms with E-state index in [9.17, 15) is 0 Å². The van der Waals surface area contributed by atoms with Gasteiger partial charge in [0.2, 0.25) is 0 Å². The van der Waals surface area contributed by atoms with Crippen LogP contribution < -0.4 is 4.74 Å². The lowest BCUT2D eigenvalue weighted by Crippen LogP contribution is -2.00. The summed E-state index contributed by atoms with van der Waals surface area (Å²) in [5.41, 5.74) is 2.80. The minimum Gasteiger partial charge on any atom is -0.493 e. The molecule has 0 atom stereocenters. The van der Waals surface area contributed by atoms with E-state index in [0.717, 1.165) is 41.1 Å². The molecule has 3 aromatic rings. The highest BCUT2D eigenvalue weighted by Gasteiger charge is 2.10. The van der Waals surface area contributed by atoms with Crippen LogP contribution in [0.5, 0.6) is 5.75 Å². The quantitative estimate of drug-likeness (QED) is 0.715. The van der Waals surface area contributed by atoms with Gasteiger partial charge in [-0.3, -0.25) is 0 Å². The highest BCUT2D eigenvalue weighted by Crippen LogP contribution is 2.27. The third-order valence-electron chi connectivity index (χ3n) is 3.30. The molecule has 0 bridgehead atoms. The number of rotatable bonds is 5. The molecule has 5 nitrogen and oxygen atoms in total. The maximum atomic E-state index is 5.78. The van der Waals surface area contributed by atoms with Gasteiger partial charge in [-0.15, -0.1) is 0 Å². The lowest BCUT2D eigenvalue weighted by atomic mass is 10.2. The Morgan fingerprint density at radius 1 is 1.25 bits per heavy atom. The van der Waals surface area contributed by atoms with Crippen molar-refractivity contribution in [3.05, 3.63) is 41.9 Å². The van der Waals surface area contributed by atoms with Crippen molar-refractivity contribution in [1.29, 1.82) is 0 Å². The minimum atomic E-state index is 0.649. The van der Waals surface area contributed by atoms with Gasteiger partial charge in [-0.2, -0.15) is 0 Å². The SMILES string of the molecule is CCCOc1cccc2c1ccn2Cc1nonc1C. The van der Waals surface area contributed by atoms with Crippen LogP contribution in [0.4, 0.5) is 0 Å². The van der Waals surface area contributed by atoms with Gasteiger partial charge >= 0.3 is 0 Å². The highest BCUT2D eigenvalue weighted by atomic mass is 16.6. The number of nitrogens with zero attached hydrogens (tertiary/aromatic N) is 3. The molecule has 1 aromatic carbocycles. The second-order valence-corrected chi connectivity index (χ2v) is 4.78. The number of hydrogen-bond donors (Lipinski definition) is 0. The number of aryl methyl sites for hydroxylation is 1. The zero-order valence-electron chi connectivity index (χ0n) is 11.7. The number of aromatic nitrogens is 3. The maximum Gasteiger partial charge on any atom is 0.128 e. The summed E-state index contributed by atoms with van der Waals surface area (Å²) in [6, 6.07) is 8.17. The molecule has 0 aliphatic rings. The predicted molar refractivity (Wildman–Crippen MR) is 75.9 cm³/mol. The van der Waals surface area contributed by atoms with Crippen molar-refractivity contribution in [3.63, 3.8) is 0 Å². The summed E-state index contributed by atoms with van der Waals surface area (Å²) in [5.74, 6) is 0.929. The molecule has 3 rings (SSSR count). The maximum absolute atomic E-state index is 5.78. The van der Waals surface area contributed by atoms with Gasteiger partial charge in [0.15, 0.2) is 0 Å². The number of hydrogen-bond acceptors (Lipinski definition) is 4. The Morgan fingerprint density at radius 3 is 2.90 bits per heavy atom. The Labute approximate surface area is 117 Å². The molecule has 0 radical (unpaired) electrons. The summed E-state index contributed by atoms with van der Waals surface area (Å²) in [7, 11) is 0. The van der Waals surface area contributed by atoms with Crippen molar-refractivity contribution in [2.75, 3.05) is 6.61 Å². The van der Waals surface area contributed by atoms with E-state index in [1.165, 1.54) is 0 Å². The molecule has 0 spiro atoms. The topological polar surface area (TPSA) is 53.1 Å². The van der Waals surface area contributed by atoms with Crippen molar-refractivity contribution in [2.45, 2.75) is 26.8 Å². The fraction of sp³-hybridized carbons (Fsp3) is 0.333. The summed E-state index contributed by atoms with van der Waals surface area (Å²) in [6.45, 7) is 5.38. The molecule has 0 amide bonds. The Balaban J connectivity index is 1.95. The molecule has 5 heteroatoms. The average Bonchev–Trinajstić information content (AvgIpc) is 3.05. The van der Waals surface area contributed by atoms with Crippen molar-refractivity contribution >= 4 is 10.9 Å². The van der Waals surface area contributed by atoms with Crippen LogP contribution in [0.1, 0.15) is 24.7 Å².